The number of aryl methyl sites for hydroxylation is 1. The van der Waals surface area contributed by atoms with E-state index in [1.807, 2.05) is 0 Å². The normalized spacial score (nSPS) is 11.8. The molecular formula is C11H19N3O5S. The minimum atomic E-state index is -3.95. The van der Waals surface area contributed by atoms with Crippen molar-refractivity contribution in [2.75, 3.05) is 13.2 Å². The highest BCUT2D eigenvalue weighted by Crippen LogP contribution is 2.01. The molecule has 0 radical (unpaired) electrons. The fourth-order valence-electron chi connectivity index (χ4n) is 1.66. The first kappa shape index (κ1) is 16.6. The standard InChI is InChI=1S/C11H19N3O5S/c1-13-8-9(10(16)14(2)11(13)17)20(18,19)12-6-4-3-5-7-15/h8,12,15H,3-7H2,1-2H3. The van der Waals surface area contributed by atoms with Crippen molar-refractivity contribution in [2.45, 2.75) is 24.2 Å². The molecule has 0 aliphatic heterocycles. The van der Waals surface area contributed by atoms with Crippen LogP contribution >= 0.6 is 0 Å². The van der Waals surface area contributed by atoms with Crippen LogP contribution in [0.3, 0.4) is 0 Å². The number of aromatic nitrogens is 2. The van der Waals surface area contributed by atoms with Gasteiger partial charge in [0.25, 0.3) is 5.56 Å². The summed E-state index contributed by atoms with van der Waals surface area (Å²) in [5.74, 6) is 0. The van der Waals surface area contributed by atoms with Gasteiger partial charge in [0.05, 0.1) is 0 Å². The maximum atomic E-state index is 12.0. The number of aliphatic hydroxyl groups excluding tert-OH is 1. The molecule has 0 amide bonds. The molecule has 0 atom stereocenters. The van der Waals surface area contributed by atoms with Crippen LogP contribution in [0, 0.1) is 0 Å². The smallest absolute Gasteiger partial charge is 0.330 e. The minimum absolute atomic E-state index is 0.0636. The van der Waals surface area contributed by atoms with Crippen molar-refractivity contribution in [3.05, 3.63) is 27.0 Å². The number of unbranched alkanes of at least 4 members (excludes halogenated alkanes) is 2. The van der Waals surface area contributed by atoms with Crippen molar-refractivity contribution in [3.8, 4) is 0 Å². The Kier molecular flexibility index (Phi) is 5.66. The molecule has 2 N–H and O–H groups in total. The molecule has 1 rings (SSSR count). The predicted octanol–water partition coefficient (Wildman–Crippen LogP) is -1.48. The van der Waals surface area contributed by atoms with E-state index in [0.29, 0.717) is 19.3 Å². The molecule has 114 valence electrons. The summed E-state index contributed by atoms with van der Waals surface area (Å²) in [4.78, 5) is 22.9. The molecule has 0 unspecified atom stereocenters. The Labute approximate surface area is 116 Å². The van der Waals surface area contributed by atoms with Crippen molar-refractivity contribution in [1.29, 1.82) is 0 Å². The molecule has 0 saturated heterocycles. The van der Waals surface area contributed by atoms with E-state index in [1.54, 1.807) is 0 Å². The molecule has 0 aromatic carbocycles. The molecule has 0 bridgehead atoms. The average molecular weight is 305 g/mol. The lowest BCUT2D eigenvalue weighted by Crippen LogP contribution is -2.41. The molecule has 0 saturated carbocycles. The van der Waals surface area contributed by atoms with Gasteiger partial charge in [0, 0.05) is 33.4 Å². The molecule has 1 heterocycles. The summed E-state index contributed by atoms with van der Waals surface area (Å²) in [6.07, 6.45) is 2.86. The summed E-state index contributed by atoms with van der Waals surface area (Å²) in [7, 11) is -1.34. The SMILES string of the molecule is Cn1cc(S(=O)(=O)NCCCCCO)c(=O)n(C)c1=O. The summed E-state index contributed by atoms with van der Waals surface area (Å²) in [5, 5.41) is 8.61. The van der Waals surface area contributed by atoms with Crippen LogP contribution in [0.4, 0.5) is 0 Å². The van der Waals surface area contributed by atoms with E-state index in [9.17, 15) is 18.0 Å². The van der Waals surface area contributed by atoms with E-state index in [0.717, 1.165) is 15.3 Å². The van der Waals surface area contributed by atoms with Gasteiger partial charge < -0.3 is 9.67 Å². The fraction of sp³-hybridized carbons (Fsp3) is 0.636. The lowest BCUT2D eigenvalue weighted by Gasteiger charge is -2.08. The van der Waals surface area contributed by atoms with E-state index in [1.165, 1.54) is 14.1 Å². The molecule has 0 spiro atoms. The van der Waals surface area contributed by atoms with Gasteiger partial charge in [-0.3, -0.25) is 9.36 Å². The third-order valence-electron chi connectivity index (χ3n) is 2.83. The lowest BCUT2D eigenvalue weighted by atomic mass is 10.2. The van der Waals surface area contributed by atoms with Crippen LogP contribution in [-0.2, 0) is 24.1 Å². The third-order valence-corrected chi connectivity index (χ3v) is 4.27. The average Bonchev–Trinajstić information content (AvgIpc) is 2.40. The highest BCUT2D eigenvalue weighted by atomic mass is 32.2. The quantitative estimate of drug-likeness (QED) is 0.597. The second-order valence-corrected chi connectivity index (χ2v) is 6.17. The first-order valence-electron chi connectivity index (χ1n) is 6.18. The Morgan fingerprint density at radius 1 is 1.20 bits per heavy atom. The predicted molar refractivity (Wildman–Crippen MR) is 73.0 cm³/mol. The number of nitrogens with zero attached hydrogens (tertiary/aromatic N) is 2. The Hall–Kier alpha value is -1.45. The summed E-state index contributed by atoms with van der Waals surface area (Å²) in [6.45, 7) is 0.239. The van der Waals surface area contributed by atoms with Crippen molar-refractivity contribution in [2.24, 2.45) is 14.1 Å². The molecule has 9 heteroatoms. The highest BCUT2D eigenvalue weighted by molar-refractivity contribution is 7.89. The van der Waals surface area contributed by atoms with Gasteiger partial charge in [0.2, 0.25) is 10.0 Å². The lowest BCUT2D eigenvalue weighted by molar-refractivity contribution is 0.283. The summed E-state index contributed by atoms with van der Waals surface area (Å²) in [5.41, 5.74) is -1.44. The van der Waals surface area contributed by atoms with Crippen LogP contribution in [-0.4, -0.2) is 35.8 Å². The number of nitrogens with one attached hydrogen (secondary N) is 1. The zero-order valence-corrected chi connectivity index (χ0v) is 12.3. The van der Waals surface area contributed by atoms with Crippen LogP contribution in [0.15, 0.2) is 20.7 Å². The summed E-state index contributed by atoms with van der Waals surface area (Å²) >= 11 is 0. The van der Waals surface area contributed by atoms with Gasteiger partial charge in [-0.1, -0.05) is 0 Å². The monoisotopic (exact) mass is 305 g/mol. The molecule has 0 aliphatic rings. The van der Waals surface area contributed by atoms with Gasteiger partial charge >= 0.3 is 5.69 Å². The molecule has 1 aromatic rings. The van der Waals surface area contributed by atoms with E-state index >= 15 is 0 Å². The van der Waals surface area contributed by atoms with Gasteiger partial charge in [0.1, 0.15) is 0 Å². The van der Waals surface area contributed by atoms with Crippen LogP contribution in [0.25, 0.3) is 0 Å². The first-order valence-corrected chi connectivity index (χ1v) is 7.66. The van der Waals surface area contributed by atoms with Crippen LogP contribution in [0.2, 0.25) is 0 Å². The van der Waals surface area contributed by atoms with E-state index in [4.69, 9.17) is 5.11 Å². The van der Waals surface area contributed by atoms with Crippen LogP contribution < -0.4 is 16.0 Å². The second kappa shape index (κ2) is 6.82. The number of hydrogen-bond donors (Lipinski definition) is 2. The Balaban J connectivity index is 2.94. The second-order valence-electron chi connectivity index (χ2n) is 4.43. The summed E-state index contributed by atoms with van der Waals surface area (Å²) < 4.78 is 28.1. The highest BCUT2D eigenvalue weighted by Gasteiger charge is 2.20. The van der Waals surface area contributed by atoms with Crippen LogP contribution in [0.1, 0.15) is 19.3 Å². The molecule has 0 fully saturated rings. The number of rotatable bonds is 7. The van der Waals surface area contributed by atoms with E-state index in [2.05, 4.69) is 4.72 Å². The Morgan fingerprint density at radius 2 is 1.85 bits per heavy atom. The molecule has 20 heavy (non-hydrogen) atoms. The largest absolute Gasteiger partial charge is 0.396 e. The Bertz CT molecular complexity index is 674. The molecule has 8 nitrogen and oxygen atoms in total. The number of aliphatic hydroxyl groups is 1. The van der Waals surface area contributed by atoms with Crippen molar-refractivity contribution < 1.29 is 13.5 Å². The number of sulfonamides is 1. The number of hydrogen-bond acceptors (Lipinski definition) is 5. The van der Waals surface area contributed by atoms with Gasteiger partial charge in [-0.2, -0.15) is 0 Å². The minimum Gasteiger partial charge on any atom is -0.396 e. The maximum absolute atomic E-state index is 12.0. The van der Waals surface area contributed by atoms with Crippen LogP contribution in [0.5, 0.6) is 0 Å². The fourth-order valence-corrected chi connectivity index (χ4v) is 2.89. The van der Waals surface area contributed by atoms with Gasteiger partial charge in [-0.25, -0.2) is 17.9 Å². The van der Waals surface area contributed by atoms with Crippen molar-refractivity contribution in [1.82, 2.24) is 13.9 Å². The van der Waals surface area contributed by atoms with Gasteiger partial charge in [-0.15, -0.1) is 0 Å². The van der Waals surface area contributed by atoms with E-state index in [-0.39, 0.29) is 13.2 Å². The van der Waals surface area contributed by atoms with E-state index < -0.39 is 26.2 Å². The zero-order chi connectivity index (χ0) is 15.3. The molecule has 1 aromatic heterocycles. The molecule has 0 aliphatic carbocycles. The van der Waals surface area contributed by atoms with Crippen molar-refractivity contribution >= 4 is 10.0 Å². The Morgan fingerprint density at radius 3 is 2.45 bits per heavy atom. The third kappa shape index (κ3) is 3.78. The summed E-state index contributed by atoms with van der Waals surface area (Å²) in [6, 6.07) is 0. The zero-order valence-electron chi connectivity index (χ0n) is 11.5. The first-order chi connectivity index (χ1) is 9.31. The van der Waals surface area contributed by atoms with Gasteiger partial charge in [0.15, 0.2) is 4.90 Å². The van der Waals surface area contributed by atoms with Gasteiger partial charge in [-0.05, 0) is 19.3 Å². The molecular weight excluding hydrogens is 286 g/mol. The van der Waals surface area contributed by atoms with Crippen molar-refractivity contribution in [3.63, 3.8) is 0 Å². The topological polar surface area (TPSA) is 110 Å². The maximum Gasteiger partial charge on any atom is 0.330 e.